The van der Waals surface area contributed by atoms with Crippen molar-refractivity contribution < 1.29 is 44.4 Å². The van der Waals surface area contributed by atoms with E-state index in [0.29, 0.717) is 16.7 Å². The van der Waals surface area contributed by atoms with Gasteiger partial charge in [0.15, 0.2) is 0 Å². The molecule has 2 N–H and O–H groups in total. The van der Waals surface area contributed by atoms with Crippen molar-refractivity contribution in [3.8, 4) is 11.5 Å². The first-order chi connectivity index (χ1) is 14.2. The third-order valence-electron chi connectivity index (χ3n) is 4.48. The maximum atomic E-state index is 10.4. The van der Waals surface area contributed by atoms with Gasteiger partial charge >= 0.3 is 0 Å². The Kier molecular flexibility index (Phi) is 14.6. The first-order valence-corrected chi connectivity index (χ1v) is 9.51. The molecule has 0 bridgehead atoms. The number of aromatic hydroxyl groups is 2. The van der Waals surface area contributed by atoms with Gasteiger partial charge in [-0.15, -0.1) is 0 Å². The molecule has 31 heavy (non-hydrogen) atoms. The van der Waals surface area contributed by atoms with Crippen LogP contribution in [-0.4, -0.2) is 10.2 Å². The van der Waals surface area contributed by atoms with Crippen LogP contribution >= 0.6 is 0 Å². The van der Waals surface area contributed by atoms with E-state index in [1.165, 1.54) is 0 Å². The topological polar surface area (TPSA) is 40.5 Å². The second-order valence-corrected chi connectivity index (χ2v) is 6.58. The fourth-order valence-electron chi connectivity index (χ4n) is 3.09. The van der Waals surface area contributed by atoms with E-state index in [0.717, 1.165) is 11.8 Å². The number of phenols is 2. The standard InChI is InChI=1S/C17H14O2.2C5H5.2Fe/c1-11-10-14(18)15(12-6-2-3-7-12)16(17(11)19)13-8-4-5-9-13;2*1-2-4-5-3-1;;/h2-10,18-19H,1H3;2*1-5H;;. The van der Waals surface area contributed by atoms with E-state index in [2.05, 4.69) is 0 Å². The normalized spacial score (nSPS) is 20.8. The molecule has 0 aromatic heterocycles. The summed E-state index contributed by atoms with van der Waals surface area (Å²) in [6.45, 7) is 1.79. The molecule has 1 aromatic carbocycles. The summed E-state index contributed by atoms with van der Waals surface area (Å²) in [5.41, 5.74) is 2.04. The molecule has 5 rings (SSSR count). The minimum atomic E-state index is 0. The van der Waals surface area contributed by atoms with Crippen molar-refractivity contribution in [2.45, 2.75) is 6.92 Å². The second-order valence-electron chi connectivity index (χ2n) is 6.58. The summed E-state index contributed by atoms with van der Waals surface area (Å²) >= 11 is 0. The summed E-state index contributed by atoms with van der Waals surface area (Å²) in [7, 11) is 0. The Bertz CT molecular complexity index is 587. The molecule has 4 heteroatoms. The second kappa shape index (κ2) is 15.7. The fourth-order valence-corrected chi connectivity index (χ4v) is 3.09. The number of benzene rings is 1. The molecule has 0 atom stereocenters. The van der Waals surface area contributed by atoms with Crippen molar-refractivity contribution in [1.29, 1.82) is 0 Å². The smallest absolute Gasteiger partial charge is 0.122 e. The summed E-state index contributed by atoms with van der Waals surface area (Å²) in [5, 5.41) is 20.6. The van der Waals surface area contributed by atoms with Crippen LogP contribution in [0.5, 0.6) is 11.5 Å². The first-order valence-electron chi connectivity index (χ1n) is 9.51. The molecular formula is C27H24Fe2O2. The van der Waals surface area contributed by atoms with Gasteiger partial charge in [0, 0.05) is 57.1 Å². The minimum absolute atomic E-state index is 0. The van der Waals surface area contributed by atoms with Crippen molar-refractivity contribution in [3.63, 3.8) is 0 Å². The molecule has 2 nitrogen and oxygen atoms in total. The Hall–Kier alpha value is -0.141. The van der Waals surface area contributed by atoms with Gasteiger partial charge in [-0.1, -0.05) is 0 Å². The quantitative estimate of drug-likeness (QED) is 0.454. The number of rotatable bonds is 2. The summed E-state index contributed by atoms with van der Waals surface area (Å²) in [6, 6.07) is 1.60. The van der Waals surface area contributed by atoms with Crippen LogP contribution in [0.2, 0.25) is 0 Å². The van der Waals surface area contributed by atoms with E-state index in [4.69, 9.17) is 0 Å². The van der Waals surface area contributed by atoms with Gasteiger partial charge < -0.3 is 10.2 Å². The number of hydrogen-bond donors (Lipinski definition) is 2. The SMILES string of the molecule is Cc1cc(O)c([C]2[CH][CH][CH][CH]2)c([C]2[CH][CH][CH][CH]2)c1O.[CH]1[CH][CH][CH][CH]1.[CH]1[CH][CH][CH][CH]1.[Fe].[Fe]. The van der Waals surface area contributed by atoms with Gasteiger partial charge in [0.05, 0.1) is 0 Å². The van der Waals surface area contributed by atoms with Crippen molar-refractivity contribution in [3.05, 3.63) is 150 Å². The van der Waals surface area contributed by atoms with Gasteiger partial charge in [0.1, 0.15) is 11.5 Å². The van der Waals surface area contributed by atoms with E-state index in [1.54, 1.807) is 13.0 Å². The molecule has 20 radical (unpaired) electrons. The van der Waals surface area contributed by atoms with Gasteiger partial charge in [-0.05, 0) is 134 Å². The van der Waals surface area contributed by atoms with Crippen molar-refractivity contribution >= 4 is 0 Å². The predicted molar refractivity (Wildman–Crippen MR) is 117 cm³/mol. The van der Waals surface area contributed by atoms with Crippen LogP contribution in [0.15, 0.2) is 6.07 Å². The van der Waals surface area contributed by atoms with E-state index in [-0.39, 0.29) is 45.6 Å². The van der Waals surface area contributed by atoms with Crippen LogP contribution in [0, 0.1) is 134 Å². The zero-order chi connectivity index (χ0) is 20.5. The molecule has 0 aliphatic heterocycles. The molecule has 4 aliphatic rings. The molecule has 4 saturated carbocycles. The third kappa shape index (κ3) is 8.62. The van der Waals surface area contributed by atoms with E-state index in [1.807, 2.05) is 116 Å². The van der Waals surface area contributed by atoms with Gasteiger partial charge in [-0.3, -0.25) is 0 Å². The molecule has 4 fully saturated rings. The summed E-state index contributed by atoms with van der Waals surface area (Å²) in [4.78, 5) is 0. The first kappa shape index (κ1) is 28.9. The van der Waals surface area contributed by atoms with Crippen LogP contribution in [0.3, 0.4) is 0 Å². The molecule has 1 aromatic rings. The van der Waals surface area contributed by atoms with Crippen LogP contribution in [0.25, 0.3) is 0 Å². The maximum Gasteiger partial charge on any atom is 0.122 e. The number of aryl methyl sites for hydroxylation is 1. The minimum Gasteiger partial charge on any atom is -0.508 e. The van der Waals surface area contributed by atoms with Gasteiger partial charge in [0.25, 0.3) is 0 Å². The van der Waals surface area contributed by atoms with E-state index < -0.39 is 0 Å². The monoisotopic (exact) mass is 492 g/mol. The number of phenolic OH excluding ortho intramolecular Hbond substituents is 2. The molecule has 0 amide bonds. The average molecular weight is 492 g/mol. The van der Waals surface area contributed by atoms with Crippen LogP contribution in [0.1, 0.15) is 16.7 Å². The molecule has 0 spiro atoms. The Labute approximate surface area is 212 Å². The zero-order valence-electron chi connectivity index (χ0n) is 17.1. The van der Waals surface area contributed by atoms with Gasteiger partial charge in [-0.25, -0.2) is 0 Å². The maximum absolute atomic E-state index is 10.4. The predicted octanol–water partition coefficient (Wildman–Crippen LogP) is 4.95. The van der Waals surface area contributed by atoms with Crippen LogP contribution in [-0.2, 0) is 34.1 Å². The molecule has 160 valence electrons. The van der Waals surface area contributed by atoms with Crippen molar-refractivity contribution in [2.24, 2.45) is 0 Å². The third-order valence-corrected chi connectivity index (χ3v) is 4.48. The molecular weight excluding hydrogens is 468 g/mol. The van der Waals surface area contributed by atoms with Crippen LogP contribution < -0.4 is 0 Å². The summed E-state index contributed by atoms with van der Waals surface area (Å²) in [6.07, 6.45) is 35.4. The summed E-state index contributed by atoms with van der Waals surface area (Å²) < 4.78 is 0. The zero-order valence-corrected chi connectivity index (χ0v) is 19.3. The Morgan fingerprint density at radius 3 is 1.16 bits per heavy atom. The fraction of sp³-hybridized carbons (Fsp3) is 0.0370. The van der Waals surface area contributed by atoms with Gasteiger partial charge in [-0.2, -0.15) is 0 Å². The van der Waals surface area contributed by atoms with Crippen LogP contribution in [0.4, 0.5) is 0 Å². The largest absolute Gasteiger partial charge is 0.508 e. The molecule has 0 heterocycles. The van der Waals surface area contributed by atoms with Crippen molar-refractivity contribution in [2.75, 3.05) is 0 Å². The molecule has 0 saturated heterocycles. The Morgan fingerprint density at radius 2 is 0.806 bits per heavy atom. The molecule has 4 aliphatic carbocycles. The van der Waals surface area contributed by atoms with E-state index >= 15 is 0 Å². The van der Waals surface area contributed by atoms with Gasteiger partial charge in [0.2, 0.25) is 0 Å². The van der Waals surface area contributed by atoms with Crippen molar-refractivity contribution in [1.82, 2.24) is 0 Å². The average Bonchev–Trinajstić information content (AvgIpc) is 3.56. The number of hydrogen-bond acceptors (Lipinski definition) is 2. The summed E-state index contributed by atoms with van der Waals surface area (Å²) in [5.74, 6) is 2.23. The Balaban J connectivity index is 0.000000331. The van der Waals surface area contributed by atoms with E-state index in [9.17, 15) is 10.2 Å². The molecule has 0 unspecified atom stereocenters. The Morgan fingerprint density at radius 1 is 0.484 bits per heavy atom.